The Morgan fingerprint density at radius 3 is 1.59 bits per heavy atom. The average molecular weight is 261 g/mol. The summed E-state index contributed by atoms with van der Waals surface area (Å²) in [6, 6.07) is 0. The van der Waals surface area contributed by atoms with Crippen molar-refractivity contribution in [2.75, 3.05) is 26.2 Å². The van der Waals surface area contributed by atoms with E-state index in [9.17, 15) is 4.79 Å². The Morgan fingerprint density at radius 1 is 0.941 bits per heavy atom. The van der Waals surface area contributed by atoms with Crippen LogP contribution in [0.2, 0.25) is 0 Å². The Bertz CT molecular complexity index is 236. The fourth-order valence-corrected chi connectivity index (χ4v) is 3.63. The highest BCUT2D eigenvalue weighted by Gasteiger charge is 2.54. The number of carbonyl (C=O) groups excluding carboxylic acids is 1. The van der Waals surface area contributed by atoms with E-state index >= 15 is 0 Å². The minimum atomic E-state index is -0.111. The number of halogens is 1. The van der Waals surface area contributed by atoms with E-state index < -0.39 is 0 Å². The van der Waals surface area contributed by atoms with E-state index in [0.29, 0.717) is 5.78 Å². The SMILES string of the molecule is CCCC12CNCC(CCC)(CNC1)C2=O.Cl. The number of Topliss-reactive ketones (excluding diaryl/α,β-unsaturated/α-hetero) is 1. The summed E-state index contributed by atoms with van der Waals surface area (Å²) in [7, 11) is 0. The van der Waals surface area contributed by atoms with E-state index in [1.54, 1.807) is 0 Å². The lowest BCUT2D eigenvalue weighted by Gasteiger charge is -2.51. The number of hydrogen-bond donors (Lipinski definition) is 2. The lowest BCUT2D eigenvalue weighted by Crippen LogP contribution is -2.68. The van der Waals surface area contributed by atoms with Gasteiger partial charge in [-0.3, -0.25) is 4.79 Å². The van der Waals surface area contributed by atoms with Crippen LogP contribution in [0.4, 0.5) is 0 Å². The zero-order valence-corrected chi connectivity index (χ0v) is 11.8. The van der Waals surface area contributed by atoms with Gasteiger partial charge in [-0.2, -0.15) is 0 Å². The monoisotopic (exact) mass is 260 g/mol. The average Bonchev–Trinajstić information content (AvgIpc) is 2.23. The van der Waals surface area contributed by atoms with Crippen LogP contribution in [0.25, 0.3) is 0 Å². The zero-order valence-electron chi connectivity index (χ0n) is 11.0. The topological polar surface area (TPSA) is 41.1 Å². The molecule has 4 heteroatoms. The maximum absolute atomic E-state index is 12.8. The van der Waals surface area contributed by atoms with Crippen molar-refractivity contribution >= 4 is 18.2 Å². The molecule has 2 aliphatic heterocycles. The molecule has 0 unspecified atom stereocenters. The highest BCUT2D eigenvalue weighted by Crippen LogP contribution is 2.41. The quantitative estimate of drug-likeness (QED) is 0.809. The minimum absolute atomic E-state index is 0. The summed E-state index contributed by atoms with van der Waals surface area (Å²) in [6.45, 7) is 7.84. The normalized spacial score (nSPS) is 36.5. The fourth-order valence-electron chi connectivity index (χ4n) is 3.63. The molecule has 0 radical (unpaired) electrons. The summed E-state index contributed by atoms with van der Waals surface area (Å²) in [5, 5.41) is 7.02. The van der Waals surface area contributed by atoms with Crippen molar-refractivity contribution in [3.8, 4) is 0 Å². The number of piperidine rings is 2. The first kappa shape index (κ1) is 14.9. The zero-order chi connectivity index (χ0) is 11.6. The van der Waals surface area contributed by atoms with Crippen molar-refractivity contribution < 1.29 is 4.79 Å². The molecular weight excluding hydrogens is 236 g/mol. The molecule has 0 saturated carbocycles. The second-order valence-electron chi connectivity index (χ2n) is 5.60. The molecule has 0 spiro atoms. The van der Waals surface area contributed by atoms with Crippen molar-refractivity contribution in [2.45, 2.75) is 39.5 Å². The van der Waals surface area contributed by atoms with E-state index in [-0.39, 0.29) is 23.2 Å². The lowest BCUT2D eigenvalue weighted by atomic mass is 9.61. The molecule has 0 atom stereocenters. The van der Waals surface area contributed by atoms with Gasteiger partial charge in [0, 0.05) is 26.2 Å². The molecule has 2 bridgehead atoms. The molecule has 0 aromatic rings. The lowest BCUT2D eigenvalue weighted by molar-refractivity contribution is -0.146. The van der Waals surface area contributed by atoms with Crippen LogP contribution < -0.4 is 10.6 Å². The first-order chi connectivity index (χ1) is 7.69. The third-order valence-corrected chi connectivity index (χ3v) is 4.27. The summed E-state index contributed by atoms with van der Waals surface area (Å²) in [5.74, 6) is 0.543. The summed E-state index contributed by atoms with van der Waals surface area (Å²) in [4.78, 5) is 12.8. The van der Waals surface area contributed by atoms with Crippen LogP contribution in [0.1, 0.15) is 39.5 Å². The van der Waals surface area contributed by atoms with Crippen LogP contribution in [0, 0.1) is 10.8 Å². The Morgan fingerprint density at radius 2 is 1.29 bits per heavy atom. The van der Waals surface area contributed by atoms with Crippen molar-refractivity contribution in [1.29, 1.82) is 0 Å². The van der Waals surface area contributed by atoms with E-state index in [1.165, 1.54) is 0 Å². The standard InChI is InChI=1S/C13H24N2O.ClH/c1-3-5-12-7-14-9-13(6-4-2,11(12)16)10-15-8-12;/h14-15H,3-10H2,1-2H3;1H. The van der Waals surface area contributed by atoms with Crippen LogP contribution in [0.3, 0.4) is 0 Å². The number of rotatable bonds is 4. The molecule has 2 N–H and O–H groups in total. The van der Waals surface area contributed by atoms with Gasteiger partial charge >= 0.3 is 0 Å². The summed E-state index contributed by atoms with van der Waals surface area (Å²) in [6.07, 6.45) is 4.24. The number of fused-ring (bicyclic) bond motifs is 2. The predicted octanol–water partition coefficient (Wildman–Crippen LogP) is 1.76. The molecule has 100 valence electrons. The molecule has 2 heterocycles. The molecule has 0 aromatic heterocycles. The van der Waals surface area contributed by atoms with Gasteiger partial charge in [-0.1, -0.05) is 26.7 Å². The molecule has 2 fully saturated rings. The van der Waals surface area contributed by atoms with E-state index in [4.69, 9.17) is 0 Å². The van der Waals surface area contributed by atoms with Gasteiger partial charge < -0.3 is 10.6 Å². The molecule has 17 heavy (non-hydrogen) atoms. The van der Waals surface area contributed by atoms with Gasteiger partial charge in [-0.25, -0.2) is 0 Å². The smallest absolute Gasteiger partial charge is 0.150 e. The molecular formula is C13H25ClN2O. The summed E-state index contributed by atoms with van der Waals surface area (Å²) >= 11 is 0. The molecule has 0 aromatic carbocycles. The van der Waals surface area contributed by atoms with Crippen molar-refractivity contribution in [2.24, 2.45) is 10.8 Å². The number of carbonyl (C=O) groups is 1. The predicted molar refractivity (Wildman–Crippen MR) is 72.7 cm³/mol. The number of ketones is 1. The van der Waals surface area contributed by atoms with Gasteiger partial charge in [0.05, 0.1) is 10.8 Å². The molecule has 2 aliphatic rings. The molecule has 3 nitrogen and oxygen atoms in total. The van der Waals surface area contributed by atoms with E-state index in [2.05, 4.69) is 24.5 Å². The fraction of sp³-hybridized carbons (Fsp3) is 0.923. The maximum Gasteiger partial charge on any atom is 0.150 e. The molecule has 0 amide bonds. The van der Waals surface area contributed by atoms with Gasteiger partial charge in [0.15, 0.2) is 0 Å². The molecule has 2 saturated heterocycles. The largest absolute Gasteiger partial charge is 0.315 e. The van der Waals surface area contributed by atoms with Crippen molar-refractivity contribution in [3.05, 3.63) is 0 Å². The first-order valence-corrected chi connectivity index (χ1v) is 6.65. The maximum atomic E-state index is 12.8. The van der Waals surface area contributed by atoms with Gasteiger partial charge in [-0.05, 0) is 12.8 Å². The second kappa shape index (κ2) is 5.68. The molecule has 0 aliphatic carbocycles. The number of nitrogens with one attached hydrogen (secondary N) is 2. The van der Waals surface area contributed by atoms with Gasteiger partial charge in [0.1, 0.15) is 5.78 Å². The minimum Gasteiger partial charge on any atom is -0.315 e. The van der Waals surface area contributed by atoms with Crippen molar-refractivity contribution in [1.82, 2.24) is 10.6 Å². The van der Waals surface area contributed by atoms with Gasteiger partial charge in [0.2, 0.25) is 0 Å². The van der Waals surface area contributed by atoms with Crippen LogP contribution in [-0.2, 0) is 4.79 Å². The highest BCUT2D eigenvalue weighted by atomic mass is 35.5. The summed E-state index contributed by atoms with van der Waals surface area (Å²) < 4.78 is 0. The van der Waals surface area contributed by atoms with Crippen LogP contribution in [0.5, 0.6) is 0 Å². The summed E-state index contributed by atoms with van der Waals surface area (Å²) in [5.41, 5.74) is -0.221. The van der Waals surface area contributed by atoms with Gasteiger partial charge in [-0.15, -0.1) is 12.4 Å². The highest BCUT2D eigenvalue weighted by molar-refractivity contribution is 5.93. The molecule has 2 rings (SSSR count). The van der Waals surface area contributed by atoms with E-state index in [1.807, 2.05) is 0 Å². The van der Waals surface area contributed by atoms with Crippen LogP contribution in [-0.4, -0.2) is 32.0 Å². The third-order valence-electron chi connectivity index (χ3n) is 4.27. The van der Waals surface area contributed by atoms with Crippen LogP contribution >= 0.6 is 12.4 Å². The Kier molecular flexibility index (Phi) is 4.99. The van der Waals surface area contributed by atoms with Gasteiger partial charge in [0.25, 0.3) is 0 Å². The van der Waals surface area contributed by atoms with Crippen LogP contribution in [0.15, 0.2) is 0 Å². The Labute approximate surface area is 111 Å². The Hall–Kier alpha value is -0.120. The van der Waals surface area contributed by atoms with E-state index in [0.717, 1.165) is 51.9 Å². The van der Waals surface area contributed by atoms with Crippen molar-refractivity contribution in [3.63, 3.8) is 0 Å². The Balaban J connectivity index is 0.00000144. The third kappa shape index (κ3) is 2.38. The second-order valence-corrected chi connectivity index (χ2v) is 5.60. The number of hydrogen-bond acceptors (Lipinski definition) is 3. The first-order valence-electron chi connectivity index (χ1n) is 6.65.